The Labute approximate surface area is 155 Å². The number of alkyl halides is 3. The number of carboxylic acids is 1. The van der Waals surface area contributed by atoms with E-state index in [0.29, 0.717) is 17.9 Å². The van der Waals surface area contributed by atoms with Gasteiger partial charge in [-0.15, -0.1) is 0 Å². The fourth-order valence-electron chi connectivity index (χ4n) is 2.31. The Hall–Kier alpha value is -2.33. The monoisotopic (exact) mass is 406 g/mol. The van der Waals surface area contributed by atoms with Crippen LogP contribution in [0.25, 0.3) is 10.8 Å². The summed E-state index contributed by atoms with van der Waals surface area (Å²) >= 11 is 0. The highest BCUT2D eigenvalue weighted by Gasteiger charge is 2.38. The number of halogens is 3. The van der Waals surface area contributed by atoms with E-state index in [1.165, 1.54) is 0 Å². The van der Waals surface area contributed by atoms with E-state index in [0.717, 1.165) is 16.5 Å². The van der Waals surface area contributed by atoms with Gasteiger partial charge in [-0.05, 0) is 25.1 Å². The van der Waals surface area contributed by atoms with Crippen LogP contribution >= 0.6 is 0 Å². The van der Waals surface area contributed by atoms with Gasteiger partial charge in [-0.1, -0.05) is 24.3 Å². The number of carboxylic acid groups (broad SMARTS) is 1. The lowest BCUT2D eigenvalue weighted by molar-refractivity contribution is -0.192. The molecule has 0 saturated heterocycles. The third-order valence-corrected chi connectivity index (χ3v) is 5.39. The molecule has 0 amide bonds. The van der Waals surface area contributed by atoms with Crippen molar-refractivity contribution in [2.45, 2.75) is 17.5 Å². The standard InChI is InChI=1S/C15H20N2O2S.C2HF3O2/c1-17(2)14-8-3-7-13-12(14)6-4-9-15(13)20(18,19)11-5-10-16;3-2(4,5)1(6)7/h3-4,6-9H,5,10-11,16H2,1-2H3;(H,6,7). The maximum absolute atomic E-state index is 12.4. The Morgan fingerprint density at radius 1 is 1.11 bits per heavy atom. The van der Waals surface area contributed by atoms with Crippen molar-refractivity contribution in [3.8, 4) is 0 Å². The summed E-state index contributed by atoms with van der Waals surface area (Å²) in [4.78, 5) is 11.3. The molecule has 10 heteroatoms. The Balaban J connectivity index is 0.000000445. The van der Waals surface area contributed by atoms with E-state index in [1.54, 1.807) is 12.1 Å². The van der Waals surface area contributed by atoms with Gasteiger partial charge in [0.1, 0.15) is 0 Å². The molecule has 0 bridgehead atoms. The summed E-state index contributed by atoms with van der Waals surface area (Å²) in [5, 5.41) is 8.85. The van der Waals surface area contributed by atoms with Crippen LogP contribution in [0, 0.1) is 0 Å². The van der Waals surface area contributed by atoms with Gasteiger partial charge in [0.2, 0.25) is 0 Å². The second-order valence-electron chi connectivity index (χ2n) is 5.79. The Bertz CT molecular complexity index is 897. The molecule has 0 heterocycles. The van der Waals surface area contributed by atoms with Crippen LogP contribution in [-0.2, 0) is 14.6 Å². The molecule has 6 nitrogen and oxygen atoms in total. The molecule has 0 saturated carbocycles. The second-order valence-corrected chi connectivity index (χ2v) is 7.86. The molecule has 2 aromatic rings. The number of fused-ring (bicyclic) bond motifs is 1. The lowest BCUT2D eigenvalue weighted by Gasteiger charge is -2.16. The predicted molar refractivity (Wildman–Crippen MR) is 97.7 cm³/mol. The summed E-state index contributed by atoms with van der Waals surface area (Å²) in [6, 6.07) is 11.2. The molecule has 0 spiro atoms. The Morgan fingerprint density at radius 3 is 2.11 bits per heavy atom. The first-order chi connectivity index (χ1) is 12.4. The van der Waals surface area contributed by atoms with Crippen LogP contribution in [0.5, 0.6) is 0 Å². The van der Waals surface area contributed by atoms with Gasteiger partial charge < -0.3 is 15.7 Å². The summed E-state index contributed by atoms with van der Waals surface area (Å²) < 4.78 is 56.6. The van der Waals surface area contributed by atoms with Crippen LogP contribution < -0.4 is 10.6 Å². The summed E-state index contributed by atoms with van der Waals surface area (Å²) in [5.74, 6) is -2.66. The fraction of sp³-hybridized carbons (Fsp3) is 0.353. The lowest BCUT2D eigenvalue weighted by atomic mass is 10.1. The number of anilines is 1. The van der Waals surface area contributed by atoms with Crippen molar-refractivity contribution in [1.82, 2.24) is 0 Å². The zero-order valence-electron chi connectivity index (χ0n) is 14.8. The van der Waals surface area contributed by atoms with Crippen molar-refractivity contribution < 1.29 is 31.5 Å². The van der Waals surface area contributed by atoms with E-state index in [-0.39, 0.29) is 5.75 Å². The third kappa shape index (κ3) is 6.10. The molecule has 0 radical (unpaired) electrons. The van der Waals surface area contributed by atoms with Gasteiger partial charge in [0.05, 0.1) is 10.6 Å². The molecular formula is C17H21F3N2O4S. The number of hydrogen-bond donors (Lipinski definition) is 2. The van der Waals surface area contributed by atoms with Gasteiger partial charge in [-0.3, -0.25) is 0 Å². The first-order valence-electron chi connectivity index (χ1n) is 7.84. The number of rotatable bonds is 5. The van der Waals surface area contributed by atoms with Crippen molar-refractivity contribution in [2.24, 2.45) is 5.73 Å². The first-order valence-corrected chi connectivity index (χ1v) is 9.49. The molecule has 0 atom stereocenters. The number of sulfone groups is 1. The lowest BCUT2D eigenvalue weighted by Crippen LogP contribution is -2.21. The van der Waals surface area contributed by atoms with Crippen LogP contribution in [0.3, 0.4) is 0 Å². The highest BCUT2D eigenvalue weighted by molar-refractivity contribution is 7.91. The average molecular weight is 406 g/mol. The summed E-state index contributed by atoms with van der Waals surface area (Å²) in [6.45, 7) is 0.382. The predicted octanol–water partition coefficient (Wildman–Crippen LogP) is 2.66. The van der Waals surface area contributed by atoms with Crippen LogP contribution in [0.15, 0.2) is 41.3 Å². The average Bonchev–Trinajstić information content (AvgIpc) is 2.58. The molecule has 0 aliphatic rings. The van der Waals surface area contributed by atoms with Gasteiger partial charge in [0.25, 0.3) is 0 Å². The number of nitrogens with two attached hydrogens (primary N) is 1. The highest BCUT2D eigenvalue weighted by atomic mass is 32.2. The van der Waals surface area contributed by atoms with Crippen LogP contribution in [-0.4, -0.2) is 52.1 Å². The number of hydrogen-bond acceptors (Lipinski definition) is 5. The van der Waals surface area contributed by atoms with E-state index in [1.807, 2.05) is 43.3 Å². The minimum absolute atomic E-state index is 0.0921. The second kappa shape index (κ2) is 9.05. The maximum atomic E-state index is 12.4. The number of aliphatic carboxylic acids is 1. The normalized spacial score (nSPS) is 11.6. The molecule has 0 aliphatic heterocycles. The van der Waals surface area contributed by atoms with E-state index < -0.39 is 22.0 Å². The molecule has 2 rings (SSSR count). The van der Waals surface area contributed by atoms with E-state index in [4.69, 9.17) is 15.6 Å². The Kier molecular flexibility index (Phi) is 7.61. The summed E-state index contributed by atoms with van der Waals surface area (Å²) in [6.07, 6.45) is -4.61. The molecular weight excluding hydrogens is 385 g/mol. The minimum Gasteiger partial charge on any atom is -0.475 e. The Morgan fingerprint density at radius 2 is 1.63 bits per heavy atom. The van der Waals surface area contributed by atoms with Gasteiger partial charge in [0.15, 0.2) is 9.84 Å². The molecule has 150 valence electrons. The molecule has 0 aliphatic carbocycles. The van der Waals surface area contributed by atoms with E-state index >= 15 is 0 Å². The largest absolute Gasteiger partial charge is 0.490 e. The van der Waals surface area contributed by atoms with Gasteiger partial charge in [0, 0.05) is 30.6 Å². The van der Waals surface area contributed by atoms with Gasteiger partial charge >= 0.3 is 12.1 Å². The molecule has 2 aromatic carbocycles. The maximum Gasteiger partial charge on any atom is 0.490 e. The number of benzene rings is 2. The van der Waals surface area contributed by atoms with Crippen molar-refractivity contribution in [3.05, 3.63) is 36.4 Å². The number of nitrogens with zero attached hydrogens (tertiary/aromatic N) is 1. The fourth-order valence-corrected chi connectivity index (χ4v) is 3.87. The van der Waals surface area contributed by atoms with Crippen molar-refractivity contribution in [2.75, 3.05) is 31.3 Å². The van der Waals surface area contributed by atoms with Crippen molar-refractivity contribution in [1.29, 1.82) is 0 Å². The zero-order chi connectivity index (χ0) is 20.8. The van der Waals surface area contributed by atoms with E-state index in [9.17, 15) is 21.6 Å². The third-order valence-electron chi connectivity index (χ3n) is 3.54. The molecule has 0 aromatic heterocycles. The van der Waals surface area contributed by atoms with Crippen LogP contribution in [0.1, 0.15) is 6.42 Å². The zero-order valence-corrected chi connectivity index (χ0v) is 15.6. The van der Waals surface area contributed by atoms with Crippen LogP contribution in [0.4, 0.5) is 18.9 Å². The van der Waals surface area contributed by atoms with Crippen LogP contribution in [0.2, 0.25) is 0 Å². The minimum atomic E-state index is -5.08. The van der Waals surface area contributed by atoms with Crippen molar-refractivity contribution >= 4 is 32.3 Å². The first kappa shape index (κ1) is 22.7. The summed E-state index contributed by atoms with van der Waals surface area (Å²) in [7, 11) is 0.608. The molecule has 3 N–H and O–H groups in total. The van der Waals surface area contributed by atoms with Gasteiger partial charge in [-0.2, -0.15) is 13.2 Å². The molecule has 0 fully saturated rings. The topological polar surface area (TPSA) is 101 Å². The summed E-state index contributed by atoms with van der Waals surface area (Å²) in [5.41, 5.74) is 6.43. The smallest absolute Gasteiger partial charge is 0.475 e. The van der Waals surface area contributed by atoms with Gasteiger partial charge in [-0.25, -0.2) is 13.2 Å². The molecule has 27 heavy (non-hydrogen) atoms. The SMILES string of the molecule is CN(C)c1cccc2c(S(=O)(=O)CCCN)cccc12.O=C(O)C(F)(F)F. The van der Waals surface area contributed by atoms with E-state index in [2.05, 4.69) is 0 Å². The number of carbonyl (C=O) groups is 1. The van der Waals surface area contributed by atoms with Crippen molar-refractivity contribution in [3.63, 3.8) is 0 Å². The molecule has 0 unspecified atom stereocenters. The highest BCUT2D eigenvalue weighted by Crippen LogP contribution is 2.30. The quantitative estimate of drug-likeness (QED) is 0.792.